The number of aliphatic hydroxyl groups is 1. The first kappa shape index (κ1) is 11.2. The van der Waals surface area contributed by atoms with Crippen LogP contribution in [0.3, 0.4) is 0 Å². The highest BCUT2D eigenvalue weighted by Crippen LogP contribution is 2.14. The van der Waals surface area contributed by atoms with Gasteiger partial charge in [0.1, 0.15) is 0 Å². The van der Waals surface area contributed by atoms with E-state index in [2.05, 4.69) is 5.32 Å². The Morgan fingerprint density at radius 2 is 2.36 bits per heavy atom. The van der Waals surface area contributed by atoms with Gasteiger partial charge in [-0.1, -0.05) is 6.92 Å². The van der Waals surface area contributed by atoms with E-state index in [1.165, 1.54) is 11.3 Å². The SMILES string of the molecule is CCC(CO)NC(=O)c1ccc(C)s1. The van der Waals surface area contributed by atoms with Crippen LogP contribution in [0, 0.1) is 6.92 Å². The molecule has 78 valence electrons. The topological polar surface area (TPSA) is 49.3 Å². The third-order valence-electron chi connectivity index (χ3n) is 2.01. The fourth-order valence-corrected chi connectivity index (χ4v) is 1.86. The second kappa shape index (κ2) is 5.12. The molecule has 1 aromatic rings. The fourth-order valence-electron chi connectivity index (χ4n) is 1.09. The highest BCUT2D eigenvalue weighted by Gasteiger charge is 2.12. The maximum absolute atomic E-state index is 11.6. The van der Waals surface area contributed by atoms with Gasteiger partial charge in [0.15, 0.2) is 0 Å². The van der Waals surface area contributed by atoms with Gasteiger partial charge in [-0.3, -0.25) is 4.79 Å². The van der Waals surface area contributed by atoms with Gasteiger partial charge in [-0.2, -0.15) is 0 Å². The first-order valence-corrected chi connectivity index (χ1v) is 5.47. The zero-order valence-electron chi connectivity index (χ0n) is 8.41. The van der Waals surface area contributed by atoms with Crippen LogP contribution in [0.1, 0.15) is 27.9 Å². The summed E-state index contributed by atoms with van der Waals surface area (Å²) in [6, 6.07) is 3.59. The lowest BCUT2D eigenvalue weighted by Crippen LogP contribution is -2.36. The molecule has 0 saturated heterocycles. The number of aryl methyl sites for hydroxylation is 1. The molecule has 0 aliphatic heterocycles. The van der Waals surface area contributed by atoms with E-state index in [0.717, 1.165) is 11.3 Å². The standard InChI is InChI=1S/C10H15NO2S/c1-3-8(6-12)11-10(13)9-5-4-7(2)14-9/h4-5,8,12H,3,6H2,1-2H3,(H,11,13). The van der Waals surface area contributed by atoms with E-state index >= 15 is 0 Å². The summed E-state index contributed by atoms with van der Waals surface area (Å²) < 4.78 is 0. The molecule has 1 amide bonds. The molecule has 0 spiro atoms. The van der Waals surface area contributed by atoms with Crippen LogP contribution in [0.25, 0.3) is 0 Å². The molecular formula is C10H15NO2S. The lowest BCUT2D eigenvalue weighted by Gasteiger charge is -2.12. The molecule has 1 unspecified atom stereocenters. The van der Waals surface area contributed by atoms with Gasteiger partial charge in [0.25, 0.3) is 5.91 Å². The highest BCUT2D eigenvalue weighted by molar-refractivity contribution is 7.13. The fraction of sp³-hybridized carbons (Fsp3) is 0.500. The van der Waals surface area contributed by atoms with E-state index in [-0.39, 0.29) is 18.6 Å². The molecule has 3 nitrogen and oxygen atoms in total. The Hall–Kier alpha value is -0.870. The smallest absolute Gasteiger partial charge is 0.261 e. The quantitative estimate of drug-likeness (QED) is 0.797. The van der Waals surface area contributed by atoms with E-state index < -0.39 is 0 Å². The van der Waals surface area contributed by atoms with Crippen LogP contribution < -0.4 is 5.32 Å². The van der Waals surface area contributed by atoms with Crippen molar-refractivity contribution in [2.24, 2.45) is 0 Å². The van der Waals surface area contributed by atoms with Gasteiger partial charge in [0.2, 0.25) is 0 Å². The van der Waals surface area contributed by atoms with E-state index in [1.807, 2.05) is 19.9 Å². The number of carbonyl (C=O) groups excluding carboxylic acids is 1. The summed E-state index contributed by atoms with van der Waals surface area (Å²) in [4.78, 5) is 13.4. The predicted molar refractivity (Wildman–Crippen MR) is 57.7 cm³/mol. The molecule has 1 atom stereocenters. The number of nitrogens with one attached hydrogen (secondary N) is 1. The molecule has 0 fully saturated rings. The average Bonchev–Trinajstić information content (AvgIpc) is 2.61. The van der Waals surface area contributed by atoms with Crippen LogP contribution >= 0.6 is 11.3 Å². The number of carbonyl (C=O) groups is 1. The number of hydrogen-bond donors (Lipinski definition) is 2. The van der Waals surface area contributed by atoms with Crippen molar-refractivity contribution in [3.05, 3.63) is 21.9 Å². The Kier molecular flexibility index (Phi) is 4.10. The van der Waals surface area contributed by atoms with Crippen molar-refractivity contribution in [2.45, 2.75) is 26.3 Å². The van der Waals surface area contributed by atoms with Crippen molar-refractivity contribution in [3.8, 4) is 0 Å². The summed E-state index contributed by atoms with van der Waals surface area (Å²) in [5, 5.41) is 11.7. The number of rotatable bonds is 4. The summed E-state index contributed by atoms with van der Waals surface area (Å²) in [5.41, 5.74) is 0. The Labute approximate surface area is 87.8 Å². The molecule has 1 heterocycles. The third-order valence-corrected chi connectivity index (χ3v) is 3.01. The van der Waals surface area contributed by atoms with E-state index in [0.29, 0.717) is 4.88 Å². The van der Waals surface area contributed by atoms with Gasteiger partial charge in [0, 0.05) is 4.88 Å². The first-order chi connectivity index (χ1) is 6.67. The lowest BCUT2D eigenvalue weighted by molar-refractivity contribution is 0.0919. The molecular weight excluding hydrogens is 198 g/mol. The minimum Gasteiger partial charge on any atom is -0.394 e. The maximum atomic E-state index is 11.6. The minimum atomic E-state index is -0.134. The number of amides is 1. The first-order valence-electron chi connectivity index (χ1n) is 4.65. The predicted octanol–water partition coefficient (Wildman–Crippen LogP) is 1.56. The van der Waals surface area contributed by atoms with E-state index in [9.17, 15) is 4.79 Å². The van der Waals surface area contributed by atoms with Crippen molar-refractivity contribution in [1.29, 1.82) is 0 Å². The molecule has 2 N–H and O–H groups in total. The zero-order chi connectivity index (χ0) is 10.6. The normalized spacial score (nSPS) is 12.5. The summed E-state index contributed by atoms with van der Waals surface area (Å²) in [7, 11) is 0. The molecule has 0 saturated carbocycles. The van der Waals surface area contributed by atoms with Gasteiger partial charge < -0.3 is 10.4 Å². The molecule has 1 rings (SSSR count). The minimum absolute atomic E-state index is 0.00734. The number of aliphatic hydroxyl groups excluding tert-OH is 1. The van der Waals surface area contributed by atoms with Crippen LogP contribution in [-0.2, 0) is 0 Å². The van der Waals surface area contributed by atoms with E-state index in [1.54, 1.807) is 6.07 Å². The van der Waals surface area contributed by atoms with Crippen molar-refractivity contribution in [3.63, 3.8) is 0 Å². The van der Waals surface area contributed by atoms with Crippen molar-refractivity contribution in [1.82, 2.24) is 5.32 Å². The van der Waals surface area contributed by atoms with Gasteiger partial charge in [0.05, 0.1) is 17.5 Å². The average molecular weight is 213 g/mol. The Bertz CT molecular complexity index is 305. The molecule has 0 aromatic carbocycles. The molecule has 14 heavy (non-hydrogen) atoms. The van der Waals surface area contributed by atoms with Gasteiger partial charge in [-0.05, 0) is 25.5 Å². The van der Waals surface area contributed by atoms with Crippen LogP contribution in [0.5, 0.6) is 0 Å². The second-order valence-corrected chi connectivity index (χ2v) is 4.46. The summed E-state index contributed by atoms with van der Waals surface area (Å²) in [5.74, 6) is -0.0935. The molecule has 4 heteroatoms. The van der Waals surface area contributed by atoms with Gasteiger partial charge >= 0.3 is 0 Å². The lowest BCUT2D eigenvalue weighted by atomic mass is 10.2. The van der Waals surface area contributed by atoms with Crippen molar-refractivity contribution >= 4 is 17.2 Å². The summed E-state index contributed by atoms with van der Waals surface area (Å²) >= 11 is 1.47. The monoisotopic (exact) mass is 213 g/mol. The Morgan fingerprint density at radius 1 is 1.64 bits per heavy atom. The zero-order valence-corrected chi connectivity index (χ0v) is 9.23. The third kappa shape index (κ3) is 2.82. The maximum Gasteiger partial charge on any atom is 0.261 e. The van der Waals surface area contributed by atoms with Crippen LogP contribution in [0.2, 0.25) is 0 Å². The Morgan fingerprint density at radius 3 is 2.79 bits per heavy atom. The second-order valence-electron chi connectivity index (χ2n) is 3.17. The molecule has 0 bridgehead atoms. The van der Waals surface area contributed by atoms with Crippen LogP contribution in [-0.4, -0.2) is 23.7 Å². The summed E-state index contributed by atoms with van der Waals surface area (Å²) in [6.07, 6.45) is 0.743. The number of thiophene rings is 1. The van der Waals surface area contributed by atoms with Crippen molar-refractivity contribution in [2.75, 3.05) is 6.61 Å². The van der Waals surface area contributed by atoms with Crippen LogP contribution in [0.15, 0.2) is 12.1 Å². The number of hydrogen-bond acceptors (Lipinski definition) is 3. The molecule has 0 radical (unpaired) electrons. The molecule has 1 aromatic heterocycles. The summed E-state index contributed by atoms with van der Waals surface area (Å²) in [6.45, 7) is 3.89. The van der Waals surface area contributed by atoms with E-state index in [4.69, 9.17) is 5.11 Å². The largest absolute Gasteiger partial charge is 0.394 e. The van der Waals surface area contributed by atoms with Crippen LogP contribution in [0.4, 0.5) is 0 Å². The Balaban J connectivity index is 2.58. The molecule has 0 aliphatic rings. The van der Waals surface area contributed by atoms with Gasteiger partial charge in [-0.25, -0.2) is 0 Å². The highest BCUT2D eigenvalue weighted by atomic mass is 32.1. The van der Waals surface area contributed by atoms with Crippen molar-refractivity contribution < 1.29 is 9.90 Å². The molecule has 0 aliphatic carbocycles. The van der Waals surface area contributed by atoms with Gasteiger partial charge in [-0.15, -0.1) is 11.3 Å².